The molecule has 0 atom stereocenters. The number of hydrogen-bond donors (Lipinski definition) is 1. The Hall–Kier alpha value is -4.07. The fraction of sp³-hybridized carbons (Fsp3) is 0.240. The van der Waals surface area contributed by atoms with Gasteiger partial charge in [0.05, 0.1) is 12.8 Å². The molecule has 0 radical (unpaired) electrons. The number of benzene rings is 2. The third-order valence-corrected chi connectivity index (χ3v) is 5.75. The summed E-state index contributed by atoms with van der Waals surface area (Å²) in [7, 11) is 3.54. The maximum Gasteiger partial charge on any atom is 0.322 e. The van der Waals surface area contributed by atoms with Gasteiger partial charge in [-0.2, -0.15) is 0 Å². The number of piperazine rings is 1. The largest absolute Gasteiger partial charge is 0.495 e. The molecule has 0 saturated carbocycles. The molecule has 4 rings (SSSR count). The Morgan fingerprint density at radius 1 is 0.879 bits per heavy atom. The molecule has 3 amide bonds. The lowest BCUT2D eigenvalue weighted by Crippen LogP contribution is -2.51. The van der Waals surface area contributed by atoms with Crippen molar-refractivity contribution in [2.24, 2.45) is 0 Å². The average Bonchev–Trinajstić information content (AvgIpc) is 2.89. The molecule has 1 aliphatic heterocycles. The quantitative estimate of drug-likeness (QED) is 0.646. The lowest BCUT2D eigenvalue weighted by Gasteiger charge is -2.35. The van der Waals surface area contributed by atoms with Crippen LogP contribution in [0.1, 0.15) is 10.4 Å². The first-order valence-corrected chi connectivity index (χ1v) is 10.8. The van der Waals surface area contributed by atoms with Gasteiger partial charge in [0, 0.05) is 62.6 Å². The number of nitrogens with one attached hydrogen (secondary N) is 1. The van der Waals surface area contributed by atoms with Gasteiger partial charge in [0.1, 0.15) is 5.75 Å². The fourth-order valence-electron chi connectivity index (χ4n) is 3.78. The molecule has 1 saturated heterocycles. The molecule has 0 unspecified atom stereocenters. The van der Waals surface area contributed by atoms with Crippen molar-refractivity contribution in [2.75, 3.05) is 50.6 Å². The molecular formula is C25H27N5O3. The maximum absolute atomic E-state index is 13.0. The van der Waals surface area contributed by atoms with E-state index in [1.807, 2.05) is 60.5 Å². The molecule has 1 aliphatic rings. The van der Waals surface area contributed by atoms with Crippen LogP contribution >= 0.6 is 0 Å². The fourth-order valence-corrected chi connectivity index (χ4v) is 3.78. The van der Waals surface area contributed by atoms with Crippen LogP contribution in [-0.2, 0) is 0 Å². The number of aromatic nitrogens is 1. The van der Waals surface area contributed by atoms with E-state index in [0.29, 0.717) is 43.2 Å². The Morgan fingerprint density at radius 2 is 1.48 bits per heavy atom. The van der Waals surface area contributed by atoms with Crippen LogP contribution in [0.3, 0.4) is 0 Å². The van der Waals surface area contributed by atoms with Crippen molar-refractivity contribution in [2.45, 2.75) is 0 Å². The van der Waals surface area contributed by atoms with E-state index in [9.17, 15) is 9.59 Å². The zero-order valence-electron chi connectivity index (χ0n) is 18.8. The second-order valence-electron chi connectivity index (χ2n) is 7.72. The zero-order chi connectivity index (χ0) is 23.2. The highest BCUT2D eigenvalue weighted by atomic mass is 16.5. The molecule has 2 heterocycles. The molecule has 0 bridgehead atoms. The smallest absolute Gasteiger partial charge is 0.322 e. The summed E-state index contributed by atoms with van der Waals surface area (Å²) in [5.41, 5.74) is 3.26. The van der Waals surface area contributed by atoms with Crippen LogP contribution in [0.15, 0.2) is 73.1 Å². The Kier molecular flexibility index (Phi) is 6.73. The third kappa shape index (κ3) is 5.06. The van der Waals surface area contributed by atoms with Crippen molar-refractivity contribution in [3.8, 4) is 5.75 Å². The molecule has 0 spiro atoms. The first-order valence-electron chi connectivity index (χ1n) is 10.8. The summed E-state index contributed by atoms with van der Waals surface area (Å²) in [6.07, 6.45) is 3.50. The van der Waals surface area contributed by atoms with Gasteiger partial charge in [0.25, 0.3) is 5.91 Å². The van der Waals surface area contributed by atoms with Crippen molar-refractivity contribution < 1.29 is 14.3 Å². The van der Waals surface area contributed by atoms with Gasteiger partial charge in [-0.3, -0.25) is 9.78 Å². The molecule has 8 heteroatoms. The van der Waals surface area contributed by atoms with E-state index in [0.717, 1.165) is 11.4 Å². The second-order valence-corrected chi connectivity index (χ2v) is 7.72. The van der Waals surface area contributed by atoms with Gasteiger partial charge in [-0.15, -0.1) is 0 Å². The number of urea groups is 1. The number of carbonyl (C=O) groups is 2. The summed E-state index contributed by atoms with van der Waals surface area (Å²) in [6, 6.07) is 18.5. The first-order chi connectivity index (χ1) is 16.1. The van der Waals surface area contributed by atoms with Crippen LogP contribution in [0.5, 0.6) is 5.75 Å². The number of hydrogen-bond acceptors (Lipinski definition) is 5. The Balaban J connectivity index is 1.33. The Labute approximate surface area is 193 Å². The summed E-state index contributed by atoms with van der Waals surface area (Å²) in [4.78, 5) is 35.2. The standard InChI is InChI=1S/C25H27N5O3/c1-28(21-11-13-26-14-12-21)20-9-7-19(8-10-20)24(31)29-15-17-30(18-16-29)25(32)27-22-5-3-4-6-23(22)33-2/h3-14H,15-18H2,1-2H3,(H,27,32). The molecular weight excluding hydrogens is 418 g/mol. The summed E-state index contributed by atoms with van der Waals surface area (Å²) in [5, 5.41) is 2.89. The lowest BCUT2D eigenvalue weighted by molar-refractivity contribution is 0.0671. The second kappa shape index (κ2) is 10.0. The molecule has 0 aliphatic carbocycles. The van der Waals surface area contributed by atoms with E-state index in [4.69, 9.17) is 4.74 Å². The molecule has 1 fully saturated rings. The molecule has 1 N–H and O–H groups in total. The van der Waals surface area contributed by atoms with Gasteiger partial charge >= 0.3 is 6.03 Å². The predicted molar refractivity (Wildman–Crippen MR) is 128 cm³/mol. The van der Waals surface area contributed by atoms with Gasteiger partial charge in [0.2, 0.25) is 0 Å². The van der Waals surface area contributed by atoms with Crippen LogP contribution in [0, 0.1) is 0 Å². The van der Waals surface area contributed by atoms with E-state index < -0.39 is 0 Å². The minimum atomic E-state index is -0.199. The van der Waals surface area contributed by atoms with Gasteiger partial charge in [-0.1, -0.05) is 12.1 Å². The van der Waals surface area contributed by atoms with Gasteiger partial charge in [0.15, 0.2) is 0 Å². The number of amides is 3. The monoisotopic (exact) mass is 445 g/mol. The molecule has 8 nitrogen and oxygen atoms in total. The number of para-hydroxylation sites is 2. The third-order valence-electron chi connectivity index (χ3n) is 5.75. The Morgan fingerprint density at radius 3 is 2.15 bits per heavy atom. The number of anilines is 3. The van der Waals surface area contributed by atoms with E-state index in [-0.39, 0.29) is 11.9 Å². The molecule has 1 aromatic heterocycles. The topological polar surface area (TPSA) is 78.0 Å². The number of nitrogens with zero attached hydrogens (tertiary/aromatic N) is 4. The highest BCUT2D eigenvalue weighted by Crippen LogP contribution is 2.25. The van der Waals surface area contributed by atoms with Gasteiger partial charge < -0.3 is 24.8 Å². The van der Waals surface area contributed by atoms with Crippen molar-refractivity contribution in [3.63, 3.8) is 0 Å². The van der Waals surface area contributed by atoms with E-state index >= 15 is 0 Å². The zero-order valence-corrected chi connectivity index (χ0v) is 18.8. The minimum Gasteiger partial charge on any atom is -0.495 e. The number of methoxy groups -OCH3 is 1. The van der Waals surface area contributed by atoms with Crippen LogP contribution < -0.4 is 15.0 Å². The van der Waals surface area contributed by atoms with Crippen molar-refractivity contribution >= 4 is 29.0 Å². The lowest BCUT2D eigenvalue weighted by atomic mass is 10.1. The number of ether oxygens (including phenoxy) is 1. The summed E-state index contributed by atoms with van der Waals surface area (Å²) in [5.74, 6) is 0.579. The minimum absolute atomic E-state index is 0.0297. The van der Waals surface area contributed by atoms with Crippen molar-refractivity contribution in [1.29, 1.82) is 0 Å². The molecule has 3 aromatic rings. The Bertz CT molecular complexity index is 1100. The predicted octanol–water partition coefficient (Wildman–Crippen LogP) is 3.85. The van der Waals surface area contributed by atoms with Gasteiger partial charge in [-0.25, -0.2) is 4.79 Å². The van der Waals surface area contributed by atoms with E-state index in [2.05, 4.69) is 10.3 Å². The number of rotatable bonds is 5. The maximum atomic E-state index is 13.0. The first kappa shape index (κ1) is 22.1. The van der Waals surface area contributed by atoms with Crippen molar-refractivity contribution in [3.05, 3.63) is 78.6 Å². The van der Waals surface area contributed by atoms with Gasteiger partial charge in [-0.05, 0) is 48.5 Å². The van der Waals surface area contributed by atoms with Crippen LogP contribution in [-0.4, -0.2) is 67.1 Å². The van der Waals surface area contributed by atoms with Crippen LogP contribution in [0.4, 0.5) is 21.9 Å². The number of pyridine rings is 1. The van der Waals surface area contributed by atoms with E-state index in [1.165, 1.54) is 0 Å². The summed E-state index contributed by atoms with van der Waals surface area (Å²) >= 11 is 0. The van der Waals surface area contributed by atoms with Crippen LogP contribution in [0.25, 0.3) is 0 Å². The van der Waals surface area contributed by atoms with Crippen LogP contribution in [0.2, 0.25) is 0 Å². The summed E-state index contributed by atoms with van der Waals surface area (Å²) in [6.45, 7) is 1.90. The SMILES string of the molecule is COc1ccccc1NC(=O)N1CCN(C(=O)c2ccc(N(C)c3ccncc3)cc2)CC1. The van der Waals surface area contributed by atoms with Crippen molar-refractivity contribution in [1.82, 2.24) is 14.8 Å². The number of carbonyl (C=O) groups excluding carboxylic acids is 2. The molecule has 2 aromatic carbocycles. The highest BCUT2D eigenvalue weighted by Gasteiger charge is 2.25. The molecule has 33 heavy (non-hydrogen) atoms. The summed E-state index contributed by atoms with van der Waals surface area (Å²) < 4.78 is 5.29. The molecule has 170 valence electrons. The average molecular weight is 446 g/mol. The highest BCUT2D eigenvalue weighted by molar-refractivity contribution is 5.95. The van der Waals surface area contributed by atoms with E-state index in [1.54, 1.807) is 41.4 Å². The normalized spacial score (nSPS) is 13.4.